The molecule has 0 aliphatic rings. The zero-order valence-corrected chi connectivity index (χ0v) is 28.9. The lowest BCUT2D eigenvalue weighted by Gasteiger charge is -2.10. The van der Waals surface area contributed by atoms with Crippen LogP contribution in [0.25, 0.3) is 111 Å². The fourth-order valence-corrected chi connectivity index (χ4v) is 7.86. The topological polar surface area (TPSA) is 65.0 Å². The van der Waals surface area contributed by atoms with Gasteiger partial charge in [0.15, 0.2) is 17.5 Å². The normalized spacial score (nSPS) is 11.7. The van der Waals surface area contributed by atoms with Crippen LogP contribution in [0.4, 0.5) is 0 Å². The maximum Gasteiger partial charge on any atom is 0.164 e. The summed E-state index contributed by atoms with van der Waals surface area (Å²) in [5.41, 5.74) is 10.4. The van der Waals surface area contributed by atoms with Gasteiger partial charge in [0.05, 0.1) is 0 Å². The van der Waals surface area contributed by atoms with E-state index in [0.29, 0.717) is 17.5 Å². The summed E-state index contributed by atoms with van der Waals surface area (Å²) in [5, 5.41) is 6.44. The minimum Gasteiger partial charge on any atom is -0.456 e. The van der Waals surface area contributed by atoms with Crippen molar-refractivity contribution in [1.29, 1.82) is 0 Å². The SMILES string of the molecule is c1ccc(-c2nc(-c3cccc4oc5ccccc5c34)nc(-c3cccc4oc5c(-c6ccc(-c7cccc8ccccc78)cc6)cccc5c34)n2)cc1. The molecule has 0 amide bonds. The fourth-order valence-electron chi connectivity index (χ4n) is 7.86. The van der Waals surface area contributed by atoms with Gasteiger partial charge in [-0.05, 0) is 45.7 Å². The number of fused-ring (bicyclic) bond motifs is 7. The molecule has 0 atom stereocenters. The molecule has 54 heavy (non-hydrogen) atoms. The third-order valence-corrected chi connectivity index (χ3v) is 10.4. The highest BCUT2D eigenvalue weighted by Gasteiger charge is 2.21. The van der Waals surface area contributed by atoms with E-state index in [1.807, 2.05) is 72.8 Å². The van der Waals surface area contributed by atoms with Crippen LogP contribution in [-0.2, 0) is 0 Å². The van der Waals surface area contributed by atoms with Gasteiger partial charge in [-0.2, -0.15) is 0 Å². The van der Waals surface area contributed by atoms with Gasteiger partial charge in [-0.3, -0.25) is 0 Å². The van der Waals surface area contributed by atoms with E-state index in [2.05, 4.69) is 103 Å². The van der Waals surface area contributed by atoms with Crippen molar-refractivity contribution in [2.24, 2.45) is 0 Å². The van der Waals surface area contributed by atoms with Crippen molar-refractivity contribution in [3.63, 3.8) is 0 Å². The Bertz CT molecular complexity index is 3210. The predicted octanol–water partition coefficient (Wildman–Crippen LogP) is 13.2. The maximum atomic E-state index is 6.71. The van der Waals surface area contributed by atoms with Crippen molar-refractivity contribution in [2.75, 3.05) is 0 Å². The second kappa shape index (κ2) is 12.1. The van der Waals surface area contributed by atoms with Crippen molar-refractivity contribution >= 4 is 54.6 Å². The summed E-state index contributed by atoms with van der Waals surface area (Å²) in [6, 6.07) is 60.4. The van der Waals surface area contributed by atoms with Crippen LogP contribution < -0.4 is 0 Å². The summed E-state index contributed by atoms with van der Waals surface area (Å²) >= 11 is 0. The maximum absolute atomic E-state index is 6.71. The number of hydrogen-bond acceptors (Lipinski definition) is 5. The van der Waals surface area contributed by atoms with Crippen LogP contribution in [0.15, 0.2) is 185 Å². The summed E-state index contributed by atoms with van der Waals surface area (Å²) < 4.78 is 13.0. The average molecular weight is 692 g/mol. The molecular formula is C49H29N3O2. The summed E-state index contributed by atoms with van der Waals surface area (Å²) in [6.07, 6.45) is 0. The van der Waals surface area contributed by atoms with Gasteiger partial charge in [0, 0.05) is 43.8 Å². The average Bonchev–Trinajstić information content (AvgIpc) is 3.83. The standard InChI is InChI=1S/C49H29N3O2/c1-2-13-33(14-3-1)47-50-48(39-21-10-24-42-44(39)37-17-6-7-23-41(37)53-42)52-49(51-47)40-22-11-25-43-45(40)38-20-9-19-36(46(38)54-43)32-28-26-31(27-29-32)35-18-8-15-30-12-4-5-16-34(30)35/h1-29H. The molecule has 11 rings (SSSR count). The Morgan fingerprint density at radius 3 is 1.57 bits per heavy atom. The predicted molar refractivity (Wildman–Crippen MR) is 219 cm³/mol. The number of nitrogens with zero attached hydrogens (tertiary/aromatic N) is 3. The van der Waals surface area contributed by atoms with Gasteiger partial charge in [0.2, 0.25) is 0 Å². The van der Waals surface area contributed by atoms with Gasteiger partial charge < -0.3 is 8.83 Å². The van der Waals surface area contributed by atoms with Crippen LogP contribution in [-0.4, -0.2) is 15.0 Å². The van der Waals surface area contributed by atoms with E-state index in [4.69, 9.17) is 23.8 Å². The van der Waals surface area contributed by atoms with E-state index in [9.17, 15) is 0 Å². The van der Waals surface area contributed by atoms with Gasteiger partial charge >= 0.3 is 0 Å². The van der Waals surface area contributed by atoms with E-state index in [-0.39, 0.29) is 0 Å². The summed E-state index contributed by atoms with van der Waals surface area (Å²) in [5.74, 6) is 1.74. The molecule has 3 heterocycles. The Balaban J connectivity index is 1.09. The van der Waals surface area contributed by atoms with Crippen molar-refractivity contribution in [1.82, 2.24) is 15.0 Å². The lowest BCUT2D eigenvalue weighted by Crippen LogP contribution is -2.00. The van der Waals surface area contributed by atoms with Crippen molar-refractivity contribution in [3.8, 4) is 56.4 Å². The second-order valence-electron chi connectivity index (χ2n) is 13.5. The Labute approximate surface area is 309 Å². The summed E-state index contributed by atoms with van der Waals surface area (Å²) in [7, 11) is 0. The Morgan fingerprint density at radius 1 is 0.296 bits per heavy atom. The van der Waals surface area contributed by atoms with Gasteiger partial charge in [-0.1, -0.05) is 158 Å². The second-order valence-corrected chi connectivity index (χ2v) is 13.5. The lowest BCUT2D eigenvalue weighted by molar-refractivity contribution is 0.669. The minimum absolute atomic E-state index is 0.571. The van der Waals surface area contributed by atoms with E-state index < -0.39 is 0 Å². The molecule has 0 radical (unpaired) electrons. The molecule has 8 aromatic carbocycles. The molecule has 5 heteroatoms. The molecule has 0 fully saturated rings. The highest BCUT2D eigenvalue weighted by molar-refractivity contribution is 6.15. The van der Waals surface area contributed by atoms with Crippen LogP contribution in [0.1, 0.15) is 0 Å². The first-order chi connectivity index (χ1) is 26.8. The van der Waals surface area contributed by atoms with Crippen molar-refractivity contribution in [2.45, 2.75) is 0 Å². The van der Waals surface area contributed by atoms with E-state index in [0.717, 1.165) is 71.7 Å². The molecule has 0 unspecified atom stereocenters. The van der Waals surface area contributed by atoms with Crippen LogP contribution >= 0.6 is 0 Å². The number of aromatic nitrogens is 3. The van der Waals surface area contributed by atoms with Gasteiger partial charge in [-0.25, -0.2) is 15.0 Å². The summed E-state index contributed by atoms with van der Waals surface area (Å²) in [6.45, 7) is 0. The first-order valence-corrected chi connectivity index (χ1v) is 18.0. The van der Waals surface area contributed by atoms with Crippen molar-refractivity contribution < 1.29 is 8.83 Å². The first-order valence-electron chi connectivity index (χ1n) is 18.0. The van der Waals surface area contributed by atoms with Crippen LogP contribution in [0, 0.1) is 0 Å². The van der Waals surface area contributed by atoms with E-state index >= 15 is 0 Å². The molecule has 0 spiro atoms. The monoisotopic (exact) mass is 691 g/mol. The van der Waals surface area contributed by atoms with E-state index in [1.54, 1.807) is 0 Å². The molecule has 0 saturated carbocycles. The number of hydrogen-bond donors (Lipinski definition) is 0. The number of para-hydroxylation sites is 2. The molecule has 0 N–H and O–H groups in total. The van der Waals surface area contributed by atoms with Crippen LogP contribution in [0.5, 0.6) is 0 Å². The van der Waals surface area contributed by atoms with Crippen LogP contribution in [0.3, 0.4) is 0 Å². The molecule has 0 bridgehead atoms. The number of furan rings is 2. The van der Waals surface area contributed by atoms with Gasteiger partial charge in [0.1, 0.15) is 22.3 Å². The quantitative estimate of drug-likeness (QED) is 0.180. The zero-order chi connectivity index (χ0) is 35.6. The Kier molecular flexibility index (Phi) is 6.79. The highest BCUT2D eigenvalue weighted by Crippen LogP contribution is 2.42. The van der Waals surface area contributed by atoms with E-state index in [1.165, 1.54) is 21.9 Å². The highest BCUT2D eigenvalue weighted by atomic mass is 16.3. The Morgan fingerprint density at radius 2 is 0.796 bits per heavy atom. The molecule has 3 aromatic heterocycles. The smallest absolute Gasteiger partial charge is 0.164 e. The molecule has 11 aromatic rings. The molecule has 0 aliphatic carbocycles. The minimum atomic E-state index is 0.571. The third-order valence-electron chi connectivity index (χ3n) is 10.4. The third kappa shape index (κ3) is 4.83. The molecule has 252 valence electrons. The fraction of sp³-hybridized carbons (Fsp3) is 0. The Hall–Kier alpha value is -7.37. The largest absolute Gasteiger partial charge is 0.456 e. The number of benzene rings is 8. The van der Waals surface area contributed by atoms with Gasteiger partial charge in [0.25, 0.3) is 0 Å². The molecule has 5 nitrogen and oxygen atoms in total. The first kappa shape index (κ1) is 30.3. The van der Waals surface area contributed by atoms with Crippen molar-refractivity contribution in [3.05, 3.63) is 176 Å². The molecule has 0 saturated heterocycles. The summed E-state index contributed by atoms with van der Waals surface area (Å²) in [4.78, 5) is 15.4. The number of rotatable bonds is 5. The zero-order valence-electron chi connectivity index (χ0n) is 28.9. The lowest BCUT2D eigenvalue weighted by atomic mass is 9.95. The molecular weight excluding hydrogens is 663 g/mol. The van der Waals surface area contributed by atoms with Crippen LogP contribution in [0.2, 0.25) is 0 Å². The molecule has 0 aliphatic heterocycles. The van der Waals surface area contributed by atoms with Gasteiger partial charge in [-0.15, -0.1) is 0 Å².